The number of aromatic nitrogens is 1. The normalized spacial score (nSPS) is 10.9. The Hall–Kier alpha value is -3.39. The Kier molecular flexibility index (Phi) is 5.56. The van der Waals surface area contributed by atoms with Crippen LogP contribution in [0.1, 0.15) is 23.2 Å². The van der Waals surface area contributed by atoms with Crippen molar-refractivity contribution in [2.24, 2.45) is 7.05 Å². The van der Waals surface area contributed by atoms with Crippen molar-refractivity contribution in [3.05, 3.63) is 63.2 Å². The first-order valence-electron chi connectivity index (χ1n) is 8.42. The van der Waals surface area contributed by atoms with E-state index in [2.05, 4.69) is 0 Å². The van der Waals surface area contributed by atoms with Gasteiger partial charge in [0.1, 0.15) is 17.1 Å². The molecule has 7 nitrogen and oxygen atoms in total. The zero-order valence-corrected chi connectivity index (χ0v) is 15.9. The number of benzene rings is 2. The van der Waals surface area contributed by atoms with Gasteiger partial charge >= 0.3 is 5.97 Å². The highest BCUT2D eigenvalue weighted by Crippen LogP contribution is 2.32. The van der Waals surface area contributed by atoms with Gasteiger partial charge in [-0.1, -0.05) is 11.6 Å². The highest BCUT2D eigenvalue weighted by molar-refractivity contribution is 6.30. The summed E-state index contributed by atoms with van der Waals surface area (Å²) in [7, 11) is 1.39. The number of fused-ring (bicyclic) bond motifs is 1. The van der Waals surface area contributed by atoms with E-state index >= 15 is 0 Å². The number of halogens is 2. The first-order valence-corrected chi connectivity index (χ1v) is 8.80. The van der Waals surface area contributed by atoms with Crippen LogP contribution in [0.15, 0.2) is 41.2 Å². The monoisotopic (exact) mass is 419 g/mol. The Labute approximate surface area is 168 Å². The van der Waals surface area contributed by atoms with Crippen LogP contribution >= 0.6 is 11.6 Å². The first-order chi connectivity index (χ1) is 13.7. The van der Waals surface area contributed by atoms with Gasteiger partial charge in [-0.05, 0) is 30.3 Å². The smallest absolute Gasteiger partial charge is 0.303 e. The number of carboxylic acid groups (broad SMARTS) is 1. The fourth-order valence-corrected chi connectivity index (χ4v) is 3.01. The maximum Gasteiger partial charge on any atom is 0.303 e. The number of hydrogen-bond donors (Lipinski definition) is 2. The van der Waals surface area contributed by atoms with Crippen LogP contribution in [0.2, 0.25) is 5.02 Å². The fraction of sp³-hybridized carbons (Fsp3) is 0.150. The number of pyridine rings is 1. The molecule has 0 radical (unpaired) electrons. The summed E-state index contributed by atoms with van der Waals surface area (Å²) in [6.07, 6.45) is -0.875. The molecule has 9 heteroatoms. The van der Waals surface area contributed by atoms with Crippen molar-refractivity contribution in [2.45, 2.75) is 12.8 Å². The molecule has 0 bridgehead atoms. The van der Waals surface area contributed by atoms with E-state index in [4.69, 9.17) is 21.4 Å². The van der Waals surface area contributed by atoms with E-state index in [1.807, 2.05) is 0 Å². The average Bonchev–Trinajstić information content (AvgIpc) is 2.67. The zero-order chi connectivity index (χ0) is 21.3. The third kappa shape index (κ3) is 4.07. The van der Waals surface area contributed by atoms with Crippen LogP contribution in [0.3, 0.4) is 0 Å². The fourth-order valence-electron chi connectivity index (χ4n) is 2.85. The molecule has 0 unspecified atom stereocenters. The third-order valence-corrected chi connectivity index (χ3v) is 4.54. The molecule has 150 valence electrons. The Balaban J connectivity index is 2.05. The number of aryl methyl sites for hydroxylation is 1. The number of rotatable bonds is 6. The van der Waals surface area contributed by atoms with Gasteiger partial charge in [0.15, 0.2) is 17.3 Å². The second-order valence-electron chi connectivity index (χ2n) is 6.26. The number of Topliss-reactive ketones (excluding diaryl/α,β-unsaturated/α-hetero) is 1. The van der Waals surface area contributed by atoms with Gasteiger partial charge in [0, 0.05) is 29.9 Å². The Bertz CT molecular complexity index is 1200. The molecular weight excluding hydrogens is 405 g/mol. The molecule has 0 fully saturated rings. The van der Waals surface area contributed by atoms with E-state index in [-0.39, 0.29) is 27.4 Å². The van der Waals surface area contributed by atoms with Gasteiger partial charge in [0.05, 0.1) is 11.9 Å². The number of aliphatic carboxylic acids is 1. The summed E-state index contributed by atoms with van der Waals surface area (Å²) in [5, 5.41) is 19.6. The third-order valence-electron chi connectivity index (χ3n) is 4.31. The molecule has 29 heavy (non-hydrogen) atoms. The zero-order valence-electron chi connectivity index (χ0n) is 15.1. The number of carbonyl (C=O) groups is 2. The van der Waals surface area contributed by atoms with Crippen LogP contribution in [0, 0.1) is 5.82 Å². The summed E-state index contributed by atoms with van der Waals surface area (Å²) < 4.78 is 20.6. The lowest BCUT2D eigenvalue weighted by molar-refractivity contribution is -0.136. The van der Waals surface area contributed by atoms with E-state index < -0.39 is 47.3 Å². The number of hydrogen-bond acceptors (Lipinski definition) is 5. The second-order valence-corrected chi connectivity index (χ2v) is 6.70. The van der Waals surface area contributed by atoms with Gasteiger partial charge in [-0.15, -0.1) is 0 Å². The van der Waals surface area contributed by atoms with Crippen LogP contribution in [0.25, 0.3) is 10.9 Å². The SMILES string of the molecule is Cn1c(=O)c(C(=O)CCC(=O)O)c(O)c2ccc(Oc3ccc(Cl)cc3F)cc21. The lowest BCUT2D eigenvalue weighted by Crippen LogP contribution is -2.25. The molecule has 0 saturated carbocycles. The lowest BCUT2D eigenvalue weighted by Gasteiger charge is -2.13. The number of nitrogens with zero attached hydrogens (tertiary/aromatic N) is 1. The van der Waals surface area contributed by atoms with Gasteiger partial charge < -0.3 is 19.5 Å². The standard InChI is InChI=1S/C20H15ClFNO6/c1-23-14-9-11(29-16-6-2-10(21)8-13(16)22)3-4-12(14)19(27)18(20(23)28)15(24)5-7-17(25)26/h2-4,6,8-9,27H,5,7H2,1H3,(H,25,26). The number of aromatic hydroxyl groups is 1. The van der Waals surface area contributed by atoms with Crippen molar-refractivity contribution in [3.8, 4) is 17.2 Å². The van der Waals surface area contributed by atoms with Gasteiger partial charge in [-0.3, -0.25) is 14.4 Å². The van der Waals surface area contributed by atoms with E-state index in [1.165, 1.54) is 37.4 Å². The first kappa shape index (κ1) is 20.3. The van der Waals surface area contributed by atoms with Gasteiger partial charge in [-0.2, -0.15) is 0 Å². The predicted molar refractivity (Wildman–Crippen MR) is 104 cm³/mol. The Morgan fingerprint density at radius 3 is 2.55 bits per heavy atom. The molecular formula is C20H15ClFNO6. The van der Waals surface area contributed by atoms with Crippen LogP contribution in [0.4, 0.5) is 4.39 Å². The summed E-state index contributed by atoms with van der Waals surface area (Å²) in [6.45, 7) is 0. The molecule has 1 aromatic heterocycles. The van der Waals surface area contributed by atoms with Gasteiger partial charge in [-0.25, -0.2) is 4.39 Å². The average molecular weight is 420 g/mol. The molecule has 3 aromatic rings. The Morgan fingerprint density at radius 2 is 1.90 bits per heavy atom. The summed E-state index contributed by atoms with van der Waals surface area (Å²) in [5.41, 5.74) is -1.01. The highest BCUT2D eigenvalue weighted by Gasteiger charge is 2.22. The van der Waals surface area contributed by atoms with Crippen molar-refractivity contribution in [2.75, 3.05) is 0 Å². The number of carboxylic acids is 1. The summed E-state index contributed by atoms with van der Waals surface area (Å²) in [6, 6.07) is 8.16. The topological polar surface area (TPSA) is 106 Å². The minimum Gasteiger partial charge on any atom is -0.506 e. The molecule has 2 N–H and O–H groups in total. The Morgan fingerprint density at radius 1 is 1.17 bits per heavy atom. The summed E-state index contributed by atoms with van der Waals surface area (Å²) in [5.74, 6) is -3.06. The second kappa shape index (κ2) is 7.92. The van der Waals surface area contributed by atoms with Crippen molar-refractivity contribution in [1.29, 1.82) is 0 Å². The lowest BCUT2D eigenvalue weighted by atomic mass is 10.0. The van der Waals surface area contributed by atoms with Crippen LogP contribution < -0.4 is 10.3 Å². The molecule has 0 atom stereocenters. The molecule has 2 aromatic carbocycles. The van der Waals surface area contributed by atoms with Crippen molar-refractivity contribution < 1.29 is 28.9 Å². The molecule has 0 aliphatic carbocycles. The maximum absolute atomic E-state index is 13.9. The maximum atomic E-state index is 13.9. The molecule has 0 amide bonds. The van der Waals surface area contributed by atoms with Crippen LogP contribution in [0.5, 0.6) is 17.2 Å². The van der Waals surface area contributed by atoms with Crippen LogP contribution in [-0.2, 0) is 11.8 Å². The summed E-state index contributed by atoms with van der Waals surface area (Å²) in [4.78, 5) is 35.5. The van der Waals surface area contributed by atoms with Crippen molar-refractivity contribution in [1.82, 2.24) is 4.57 Å². The molecule has 1 heterocycles. The quantitative estimate of drug-likeness (QED) is 0.587. The van der Waals surface area contributed by atoms with Crippen LogP contribution in [-0.4, -0.2) is 26.5 Å². The minimum atomic E-state index is -1.19. The van der Waals surface area contributed by atoms with Crippen molar-refractivity contribution in [3.63, 3.8) is 0 Å². The van der Waals surface area contributed by atoms with E-state index in [0.717, 1.165) is 10.6 Å². The highest BCUT2D eigenvalue weighted by atomic mass is 35.5. The van der Waals surface area contributed by atoms with E-state index in [1.54, 1.807) is 0 Å². The summed E-state index contributed by atoms with van der Waals surface area (Å²) >= 11 is 5.71. The minimum absolute atomic E-state index is 0.0801. The van der Waals surface area contributed by atoms with E-state index in [0.29, 0.717) is 0 Å². The molecule has 0 spiro atoms. The molecule has 3 rings (SSSR count). The largest absolute Gasteiger partial charge is 0.506 e. The number of carbonyl (C=O) groups excluding carboxylic acids is 1. The number of ether oxygens (including phenoxy) is 1. The molecule has 0 aliphatic rings. The predicted octanol–water partition coefficient (Wildman–Crippen LogP) is 3.88. The van der Waals surface area contributed by atoms with Crippen molar-refractivity contribution >= 4 is 34.3 Å². The molecule has 0 saturated heterocycles. The number of ketones is 1. The molecule has 0 aliphatic heterocycles. The van der Waals surface area contributed by atoms with E-state index in [9.17, 15) is 23.9 Å². The van der Waals surface area contributed by atoms with Gasteiger partial charge in [0.25, 0.3) is 5.56 Å². The van der Waals surface area contributed by atoms with Gasteiger partial charge in [0.2, 0.25) is 0 Å².